The van der Waals surface area contributed by atoms with E-state index < -0.39 is 16.4 Å². The van der Waals surface area contributed by atoms with Crippen molar-refractivity contribution in [1.29, 1.82) is 0 Å². The Morgan fingerprint density at radius 3 is 2.50 bits per heavy atom. The van der Waals surface area contributed by atoms with Gasteiger partial charge < -0.3 is 14.8 Å². The van der Waals surface area contributed by atoms with E-state index in [1.165, 1.54) is 25.3 Å². The van der Waals surface area contributed by atoms with Crippen molar-refractivity contribution in [1.82, 2.24) is 5.32 Å². The number of hydrogen-bond acceptors (Lipinski definition) is 5. The number of alkyl halides is 2. The Hall–Kier alpha value is -2.68. The van der Waals surface area contributed by atoms with E-state index in [1.807, 2.05) is 0 Å². The van der Waals surface area contributed by atoms with Crippen molar-refractivity contribution in [3.05, 3.63) is 59.2 Å². The highest BCUT2D eigenvalue weighted by Crippen LogP contribution is 2.29. The zero-order valence-electron chi connectivity index (χ0n) is 15.4. The number of rotatable bonds is 9. The number of sulfone groups is 1. The molecule has 0 saturated heterocycles. The number of nitrogens with one attached hydrogen (secondary N) is 1. The average molecular weight is 413 g/mol. The van der Waals surface area contributed by atoms with Gasteiger partial charge in [0.1, 0.15) is 0 Å². The van der Waals surface area contributed by atoms with Gasteiger partial charge in [-0.2, -0.15) is 8.78 Å². The molecule has 28 heavy (non-hydrogen) atoms. The predicted octanol–water partition coefficient (Wildman–Crippen LogP) is 2.81. The van der Waals surface area contributed by atoms with Crippen LogP contribution in [0.2, 0.25) is 0 Å². The number of carbonyl (C=O) groups is 1. The van der Waals surface area contributed by atoms with Crippen LogP contribution in [0.15, 0.2) is 42.5 Å². The molecule has 9 heteroatoms. The molecule has 1 N–H and O–H groups in total. The van der Waals surface area contributed by atoms with Gasteiger partial charge in [0.2, 0.25) is 0 Å². The van der Waals surface area contributed by atoms with Crippen LogP contribution in [0.5, 0.6) is 11.5 Å². The van der Waals surface area contributed by atoms with Crippen molar-refractivity contribution >= 4 is 15.7 Å². The molecule has 0 aliphatic carbocycles. The molecule has 2 rings (SSSR count). The van der Waals surface area contributed by atoms with Crippen LogP contribution in [-0.4, -0.2) is 40.8 Å². The van der Waals surface area contributed by atoms with E-state index in [0.29, 0.717) is 23.1 Å². The summed E-state index contributed by atoms with van der Waals surface area (Å²) >= 11 is 0. The lowest BCUT2D eigenvalue weighted by molar-refractivity contribution is -0.0512. The minimum atomic E-state index is -3.20. The molecule has 0 radical (unpaired) electrons. The van der Waals surface area contributed by atoms with E-state index in [1.54, 1.807) is 24.3 Å². The van der Waals surface area contributed by atoms with E-state index in [4.69, 9.17) is 4.74 Å². The highest BCUT2D eigenvalue weighted by atomic mass is 32.2. The van der Waals surface area contributed by atoms with Gasteiger partial charge in [0.05, 0.1) is 12.9 Å². The largest absolute Gasteiger partial charge is 0.493 e. The standard InChI is InChI=1S/C19H21F2NO5S/c1-26-16-7-6-13(11-17(16)27-19(20)21)8-9-22-18(23)15-5-3-4-14(10-15)12-28(2,24)25/h3-7,10-11,19H,8-9,12H2,1-2H3,(H,22,23). The zero-order valence-corrected chi connectivity index (χ0v) is 16.3. The summed E-state index contributed by atoms with van der Waals surface area (Å²) in [6.07, 6.45) is 1.51. The van der Waals surface area contributed by atoms with Gasteiger partial charge in [-0.25, -0.2) is 8.42 Å². The molecule has 0 unspecified atom stereocenters. The summed E-state index contributed by atoms with van der Waals surface area (Å²) in [6, 6.07) is 11.0. The molecule has 152 valence electrons. The minimum absolute atomic E-state index is 0.0743. The van der Waals surface area contributed by atoms with Crippen molar-refractivity contribution in [3.8, 4) is 11.5 Å². The molecular formula is C19H21F2NO5S. The Labute approximate surface area is 162 Å². The molecule has 0 saturated carbocycles. The van der Waals surface area contributed by atoms with Crippen LogP contribution in [0.25, 0.3) is 0 Å². The van der Waals surface area contributed by atoms with Crippen molar-refractivity contribution in [3.63, 3.8) is 0 Å². The Morgan fingerprint density at radius 2 is 1.86 bits per heavy atom. The fourth-order valence-corrected chi connectivity index (χ4v) is 3.38. The lowest BCUT2D eigenvalue weighted by Crippen LogP contribution is -2.25. The Bertz CT molecular complexity index is 932. The first-order chi connectivity index (χ1) is 13.2. The molecule has 1 amide bonds. The fraction of sp³-hybridized carbons (Fsp3) is 0.316. The highest BCUT2D eigenvalue weighted by Gasteiger charge is 2.12. The topological polar surface area (TPSA) is 81.7 Å². The van der Waals surface area contributed by atoms with E-state index in [0.717, 1.165) is 6.26 Å². The molecule has 2 aromatic carbocycles. The van der Waals surface area contributed by atoms with Gasteiger partial charge in [-0.05, 0) is 41.8 Å². The maximum Gasteiger partial charge on any atom is 0.387 e. The molecule has 0 aliphatic heterocycles. The van der Waals surface area contributed by atoms with E-state index in [-0.39, 0.29) is 29.7 Å². The molecular weight excluding hydrogens is 392 g/mol. The van der Waals surface area contributed by atoms with Gasteiger partial charge in [0.25, 0.3) is 5.91 Å². The number of halogens is 2. The number of carbonyl (C=O) groups excluding carboxylic acids is 1. The van der Waals surface area contributed by atoms with E-state index in [9.17, 15) is 22.0 Å². The van der Waals surface area contributed by atoms with Crippen LogP contribution in [0, 0.1) is 0 Å². The van der Waals surface area contributed by atoms with E-state index in [2.05, 4.69) is 10.1 Å². The van der Waals surface area contributed by atoms with Crippen molar-refractivity contribution < 1.29 is 31.5 Å². The summed E-state index contributed by atoms with van der Waals surface area (Å²) in [4.78, 5) is 12.3. The average Bonchev–Trinajstić information content (AvgIpc) is 2.60. The Balaban J connectivity index is 1.98. The Kier molecular flexibility index (Phi) is 7.33. The molecule has 0 bridgehead atoms. The SMILES string of the molecule is COc1ccc(CCNC(=O)c2cccc(CS(C)(=O)=O)c2)cc1OC(F)F. The van der Waals surface area contributed by atoms with Gasteiger partial charge >= 0.3 is 6.61 Å². The van der Waals surface area contributed by atoms with E-state index >= 15 is 0 Å². The summed E-state index contributed by atoms with van der Waals surface area (Å²) in [7, 11) is -1.85. The summed E-state index contributed by atoms with van der Waals surface area (Å²) in [5.74, 6) is -0.383. The molecule has 0 aliphatic rings. The van der Waals surface area contributed by atoms with Crippen LogP contribution in [-0.2, 0) is 22.0 Å². The first-order valence-electron chi connectivity index (χ1n) is 8.34. The third-order valence-corrected chi connectivity index (χ3v) is 4.62. The van der Waals surface area contributed by atoms with Crippen molar-refractivity contribution in [2.45, 2.75) is 18.8 Å². The van der Waals surface area contributed by atoms with Crippen LogP contribution in [0.4, 0.5) is 8.78 Å². The molecule has 6 nitrogen and oxygen atoms in total. The molecule has 0 spiro atoms. The summed E-state index contributed by atoms with van der Waals surface area (Å²) in [5, 5.41) is 2.72. The fourth-order valence-electron chi connectivity index (χ4n) is 2.59. The minimum Gasteiger partial charge on any atom is -0.493 e. The lowest BCUT2D eigenvalue weighted by Gasteiger charge is -2.12. The molecule has 0 atom stereocenters. The van der Waals surface area contributed by atoms with Gasteiger partial charge in [0.15, 0.2) is 21.3 Å². The van der Waals surface area contributed by atoms with Gasteiger partial charge in [-0.15, -0.1) is 0 Å². The number of amides is 1. The monoisotopic (exact) mass is 413 g/mol. The second kappa shape index (κ2) is 9.50. The third kappa shape index (κ3) is 6.80. The maximum atomic E-state index is 12.5. The number of benzene rings is 2. The second-order valence-corrected chi connectivity index (χ2v) is 8.28. The quantitative estimate of drug-likeness (QED) is 0.684. The summed E-state index contributed by atoms with van der Waals surface area (Å²) < 4.78 is 57.1. The smallest absolute Gasteiger partial charge is 0.387 e. The molecule has 0 aromatic heterocycles. The predicted molar refractivity (Wildman–Crippen MR) is 101 cm³/mol. The number of hydrogen-bond donors (Lipinski definition) is 1. The summed E-state index contributed by atoms with van der Waals surface area (Å²) in [5.41, 5.74) is 1.55. The number of ether oxygens (including phenoxy) is 2. The zero-order chi connectivity index (χ0) is 20.7. The van der Waals surface area contributed by atoms with Crippen molar-refractivity contribution in [2.24, 2.45) is 0 Å². The molecule has 0 heterocycles. The van der Waals surface area contributed by atoms with Crippen LogP contribution >= 0.6 is 0 Å². The normalized spacial score (nSPS) is 11.3. The highest BCUT2D eigenvalue weighted by molar-refractivity contribution is 7.89. The Morgan fingerprint density at radius 1 is 1.11 bits per heavy atom. The molecule has 0 fully saturated rings. The maximum absolute atomic E-state index is 12.5. The summed E-state index contributed by atoms with van der Waals surface area (Å²) in [6.45, 7) is -2.71. The third-order valence-electron chi connectivity index (χ3n) is 3.76. The van der Waals surface area contributed by atoms with Crippen molar-refractivity contribution in [2.75, 3.05) is 19.9 Å². The van der Waals surface area contributed by atoms with Gasteiger partial charge in [0, 0.05) is 18.4 Å². The van der Waals surface area contributed by atoms with Crippen LogP contribution in [0.1, 0.15) is 21.5 Å². The number of methoxy groups -OCH3 is 1. The first-order valence-corrected chi connectivity index (χ1v) is 10.4. The second-order valence-electron chi connectivity index (χ2n) is 6.14. The van der Waals surface area contributed by atoms with Crippen LogP contribution < -0.4 is 14.8 Å². The molecule has 2 aromatic rings. The lowest BCUT2D eigenvalue weighted by atomic mass is 10.1. The first kappa shape index (κ1) is 21.6. The van der Waals surface area contributed by atoms with Gasteiger partial charge in [-0.3, -0.25) is 4.79 Å². The van der Waals surface area contributed by atoms with Gasteiger partial charge in [-0.1, -0.05) is 18.2 Å². The van der Waals surface area contributed by atoms with Crippen LogP contribution in [0.3, 0.4) is 0 Å².